The van der Waals surface area contributed by atoms with E-state index in [1.807, 2.05) is 24.3 Å². The summed E-state index contributed by atoms with van der Waals surface area (Å²) in [5.41, 5.74) is 7.18. The zero-order valence-corrected chi connectivity index (χ0v) is 12.0. The Bertz CT molecular complexity index is 614. The van der Waals surface area contributed by atoms with E-state index in [0.29, 0.717) is 12.5 Å². The molecule has 0 aliphatic heterocycles. The minimum Gasteiger partial charge on any atom is -0.324 e. The molecule has 1 heterocycles. The monoisotopic (exact) mass is 285 g/mol. The van der Waals surface area contributed by atoms with Gasteiger partial charge in [-0.25, -0.2) is 9.67 Å². The molecule has 1 unspecified atom stereocenters. The van der Waals surface area contributed by atoms with Gasteiger partial charge in [0.2, 0.25) is 5.91 Å². The maximum absolute atomic E-state index is 12.2. The number of nitrogens with one attached hydrogen (secondary N) is 1. The van der Waals surface area contributed by atoms with Crippen molar-refractivity contribution in [3.63, 3.8) is 0 Å². The Labute approximate surface area is 123 Å². The zero-order valence-electron chi connectivity index (χ0n) is 12.0. The number of hydrogen-bond donors (Lipinski definition) is 2. The van der Waals surface area contributed by atoms with Crippen LogP contribution in [0.2, 0.25) is 0 Å². The smallest absolute Gasteiger partial charge is 0.244 e. The molecule has 6 nitrogen and oxygen atoms in total. The van der Waals surface area contributed by atoms with Gasteiger partial charge in [0.15, 0.2) is 0 Å². The van der Waals surface area contributed by atoms with Crippen molar-refractivity contribution in [2.24, 2.45) is 11.7 Å². The molecule has 110 valence electrons. The van der Waals surface area contributed by atoms with Crippen LogP contribution in [-0.2, 0) is 11.3 Å². The standard InChI is InChI=1S/C15H19N5O/c1-15(16,12-4-5-12)14(21)19-13-6-2-11(3-7-13)8-20-10-17-9-18-20/h2-3,6-7,9-10,12H,4-5,8,16H2,1H3,(H,19,21). The number of rotatable bonds is 5. The number of carbonyl (C=O) groups excluding carboxylic acids is 1. The molecule has 6 heteroatoms. The first-order chi connectivity index (χ1) is 10.1. The second-order valence-electron chi connectivity index (χ2n) is 5.80. The molecule has 0 saturated heterocycles. The molecule has 0 bridgehead atoms. The number of benzene rings is 1. The summed E-state index contributed by atoms with van der Waals surface area (Å²) in [7, 11) is 0. The maximum atomic E-state index is 12.2. The molecule has 3 N–H and O–H groups in total. The fourth-order valence-corrected chi connectivity index (χ4v) is 2.33. The van der Waals surface area contributed by atoms with E-state index in [9.17, 15) is 4.79 Å². The highest BCUT2D eigenvalue weighted by Crippen LogP contribution is 2.38. The average molecular weight is 285 g/mol. The van der Waals surface area contributed by atoms with Gasteiger partial charge in [0, 0.05) is 5.69 Å². The number of nitrogens with two attached hydrogens (primary N) is 1. The number of anilines is 1. The third-order valence-electron chi connectivity index (χ3n) is 3.94. The van der Waals surface area contributed by atoms with Crippen LogP contribution in [-0.4, -0.2) is 26.2 Å². The molecule has 2 aromatic rings. The Kier molecular flexibility index (Phi) is 3.47. The quantitative estimate of drug-likeness (QED) is 0.869. The lowest BCUT2D eigenvalue weighted by Crippen LogP contribution is -2.50. The molecule has 0 radical (unpaired) electrons. The lowest BCUT2D eigenvalue weighted by molar-refractivity contribution is -0.121. The molecule has 1 aliphatic carbocycles. The van der Waals surface area contributed by atoms with Gasteiger partial charge in [-0.2, -0.15) is 5.10 Å². The normalized spacial score (nSPS) is 17.2. The summed E-state index contributed by atoms with van der Waals surface area (Å²) >= 11 is 0. The van der Waals surface area contributed by atoms with Crippen LogP contribution in [0.3, 0.4) is 0 Å². The first kappa shape index (κ1) is 13.8. The largest absolute Gasteiger partial charge is 0.324 e. The van der Waals surface area contributed by atoms with Crippen LogP contribution in [0.5, 0.6) is 0 Å². The molecule has 0 spiro atoms. The molecule has 3 rings (SSSR count). The minimum absolute atomic E-state index is 0.117. The van der Waals surface area contributed by atoms with Crippen molar-refractivity contribution in [2.45, 2.75) is 31.8 Å². The van der Waals surface area contributed by atoms with E-state index in [0.717, 1.165) is 24.1 Å². The fraction of sp³-hybridized carbons (Fsp3) is 0.400. The summed E-state index contributed by atoms with van der Waals surface area (Å²) in [6.07, 6.45) is 5.26. The summed E-state index contributed by atoms with van der Waals surface area (Å²) in [5.74, 6) is 0.193. The molecule has 21 heavy (non-hydrogen) atoms. The summed E-state index contributed by atoms with van der Waals surface area (Å²) < 4.78 is 1.75. The molecule has 1 aromatic heterocycles. The Morgan fingerprint density at radius 3 is 2.71 bits per heavy atom. The number of carbonyl (C=O) groups is 1. The second-order valence-corrected chi connectivity index (χ2v) is 5.80. The van der Waals surface area contributed by atoms with Crippen molar-refractivity contribution in [2.75, 3.05) is 5.32 Å². The highest BCUT2D eigenvalue weighted by molar-refractivity contribution is 5.98. The van der Waals surface area contributed by atoms with E-state index in [1.54, 1.807) is 17.9 Å². The fourth-order valence-electron chi connectivity index (χ4n) is 2.33. The first-order valence-corrected chi connectivity index (χ1v) is 7.07. The van der Waals surface area contributed by atoms with E-state index < -0.39 is 5.54 Å². The number of aromatic nitrogens is 3. The van der Waals surface area contributed by atoms with Crippen LogP contribution in [0, 0.1) is 5.92 Å². The van der Waals surface area contributed by atoms with Gasteiger partial charge < -0.3 is 11.1 Å². The van der Waals surface area contributed by atoms with Gasteiger partial charge in [-0.1, -0.05) is 12.1 Å². The lowest BCUT2D eigenvalue weighted by atomic mass is 9.96. The summed E-state index contributed by atoms with van der Waals surface area (Å²) in [4.78, 5) is 16.1. The van der Waals surface area contributed by atoms with Crippen LogP contribution in [0.15, 0.2) is 36.9 Å². The molecule has 1 fully saturated rings. The summed E-state index contributed by atoms with van der Waals surface area (Å²) in [6, 6.07) is 7.69. The van der Waals surface area contributed by atoms with Crippen LogP contribution < -0.4 is 11.1 Å². The SMILES string of the molecule is CC(N)(C(=O)Nc1ccc(Cn2cncn2)cc1)C1CC1. The van der Waals surface area contributed by atoms with E-state index in [2.05, 4.69) is 15.4 Å². The Morgan fingerprint density at radius 1 is 1.43 bits per heavy atom. The molecule has 1 aromatic carbocycles. The third-order valence-corrected chi connectivity index (χ3v) is 3.94. The van der Waals surface area contributed by atoms with Gasteiger partial charge in [-0.05, 0) is 43.4 Å². The average Bonchev–Trinajstić information content (AvgIpc) is 3.21. The molecular formula is C15H19N5O. The van der Waals surface area contributed by atoms with Gasteiger partial charge in [0.25, 0.3) is 0 Å². The van der Waals surface area contributed by atoms with Crippen molar-refractivity contribution in [3.05, 3.63) is 42.5 Å². The van der Waals surface area contributed by atoms with E-state index in [-0.39, 0.29) is 5.91 Å². The van der Waals surface area contributed by atoms with Gasteiger partial charge in [-0.15, -0.1) is 0 Å². The topological polar surface area (TPSA) is 85.8 Å². The van der Waals surface area contributed by atoms with Crippen LogP contribution in [0.4, 0.5) is 5.69 Å². The van der Waals surface area contributed by atoms with E-state index in [4.69, 9.17) is 5.73 Å². The minimum atomic E-state index is -0.778. The predicted octanol–water partition coefficient (Wildman–Crippen LogP) is 1.39. The highest BCUT2D eigenvalue weighted by Gasteiger charge is 2.44. The Hall–Kier alpha value is -2.21. The summed E-state index contributed by atoms with van der Waals surface area (Å²) in [5, 5.41) is 6.95. The Balaban J connectivity index is 1.63. The van der Waals surface area contributed by atoms with E-state index >= 15 is 0 Å². The van der Waals surface area contributed by atoms with Crippen molar-refractivity contribution in [1.82, 2.24) is 14.8 Å². The second kappa shape index (κ2) is 5.29. The highest BCUT2D eigenvalue weighted by atomic mass is 16.2. The molecule has 1 aliphatic rings. The van der Waals surface area contributed by atoms with Crippen molar-refractivity contribution < 1.29 is 4.79 Å². The molecular weight excluding hydrogens is 266 g/mol. The van der Waals surface area contributed by atoms with Crippen LogP contribution in [0.1, 0.15) is 25.3 Å². The van der Waals surface area contributed by atoms with Gasteiger partial charge in [-0.3, -0.25) is 4.79 Å². The van der Waals surface area contributed by atoms with Crippen LogP contribution >= 0.6 is 0 Å². The van der Waals surface area contributed by atoms with Crippen molar-refractivity contribution in [3.8, 4) is 0 Å². The third kappa shape index (κ3) is 3.11. The predicted molar refractivity (Wildman–Crippen MR) is 79.5 cm³/mol. The van der Waals surface area contributed by atoms with Crippen LogP contribution in [0.25, 0.3) is 0 Å². The van der Waals surface area contributed by atoms with Crippen molar-refractivity contribution >= 4 is 11.6 Å². The zero-order chi connectivity index (χ0) is 14.9. The molecule has 1 saturated carbocycles. The van der Waals surface area contributed by atoms with Gasteiger partial charge in [0.1, 0.15) is 12.7 Å². The first-order valence-electron chi connectivity index (χ1n) is 7.07. The van der Waals surface area contributed by atoms with E-state index in [1.165, 1.54) is 6.33 Å². The molecule has 1 atom stereocenters. The number of hydrogen-bond acceptors (Lipinski definition) is 4. The number of nitrogens with zero attached hydrogens (tertiary/aromatic N) is 3. The van der Waals surface area contributed by atoms with Gasteiger partial charge >= 0.3 is 0 Å². The van der Waals surface area contributed by atoms with Crippen molar-refractivity contribution in [1.29, 1.82) is 0 Å². The molecule has 1 amide bonds. The summed E-state index contributed by atoms with van der Waals surface area (Å²) in [6.45, 7) is 2.46. The lowest BCUT2D eigenvalue weighted by Gasteiger charge is -2.23. The Morgan fingerprint density at radius 2 is 2.14 bits per heavy atom. The number of amides is 1. The maximum Gasteiger partial charge on any atom is 0.244 e. The van der Waals surface area contributed by atoms with Gasteiger partial charge in [0.05, 0.1) is 12.1 Å².